The van der Waals surface area contributed by atoms with E-state index in [1.165, 1.54) is 0 Å². The molecule has 0 spiro atoms. The average molecular weight is 326 g/mol. The maximum Gasteiger partial charge on any atom is 0.131 e. The lowest BCUT2D eigenvalue weighted by atomic mass is 10.0. The van der Waals surface area contributed by atoms with E-state index in [1.54, 1.807) is 11.3 Å². The lowest BCUT2D eigenvalue weighted by Crippen LogP contribution is -2.35. The molecule has 96 valence electrons. The summed E-state index contributed by atoms with van der Waals surface area (Å²) in [5, 5.41) is 2.05. The van der Waals surface area contributed by atoms with Gasteiger partial charge in [0, 0.05) is 27.5 Å². The van der Waals surface area contributed by atoms with Crippen molar-refractivity contribution in [3.05, 3.63) is 33.5 Å². The maximum atomic E-state index is 6.03. The van der Waals surface area contributed by atoms with Gasteiger partial charge in [-0.2, -0.15) is 0 Å². The second kappa shape index (κ2) is 5.07. The predicted octanol–water partition coefficient (Wildman–Crippen LogP) is 3.56. The Morgan fingerprint density at radius 2 is 2.06 bits per heavy atom. The zero-order valence-electron chi connectivity index (χ0n) is 10.7. The molecule has 0 aliphatic carbocycles. The van der Waals surface area contributed by atoms with Gasteiger partial charge in [0.25, 0.3) is 0 Å². The van der Waals surface area contributed by atoms with Crippen LogP contribution < -0.4 is 5.73 Å². The van der Waals surface area contributed by atoms with Crippen LogP contribution in [0.25, 0.3) is 10.6 Å². The van der Waals surface area contributed by atoms with Crippen LogP contribution in [0.4, 0.5) is 0 Å². The van der Waals surface area contributed by atoms with Crippen molar-refractivity contribution in [2.45, 2.75) is 32.7 Å². The van der Waals surface area contributed by atoms with E-state index in [9.17, 15) is 0 Å². The van der Waals surface area contributed by atoms with Gasteiger partial charge in [-0.25, -0.2) is 9.97 Å². The molecule has 0 unspecified atom stereocenters. The first-order valence-corrected chi connectivity index (χ1v) is 7.39. The summed E-state index contributed by atoms with van der Waals surface area (Å²) < 4.78 is 1.08. The Morgan fingerprint density at radius 3 is 2.61 bits per heavy atom. The molecular weight excluding hydrogens is 310 g/mol. The van der Waals surface area contributed by atoms with Gasteiger partial charge in [0.05, 0.1) is 10.6 Å². The normalized spacial score (nSPS) is 11.8. The number of hydrogen-bond acceptors (Lipinski definition) is 4. The van der Waals surface area contributed by atoms with Gasteiger partial charge in [-0.15, -0.1) is 11.3 Å². The van der Waals surface area contributed by atoms with Crippen LogP contribution in [0, 0.1) is 6.92 Å². The second-order valence-corrected chi connectivity index (χ2v) is 6.93. The molecular formula is C13H16BrN3S. The molecule has 2 aromatic heterocycles. The molecule has 0 radical (unpaired) electrons. The topological polar surface area (TPSA) is 51.8 Å². The highest BCUT2D eigenvalue weighted by Crippen LogP contribution is 2.29. The first-order valence-electron chi connectivity index (χ1n) is 5.71. The summed E-state index contributed by atoms with van der Waals surface area (Å²) in [6, 6.07) is 4.08. The second-order valence-electron chi connectivity index (χ2n) is 5.11. The number of hydrogen-bond donors (Lipinski definition) is 1. The van der Waals surface area contributed by atoms with E-state index in [0.717, 1.165) is 26.6 Å². The highest BCUT2D eigenvalue weighted by Gasteiger charge is 2.15. The number of halogens is 1. The van der Waals surface area contributed by atoms with Gasteiger partial charge in [-0.1, -0.05) is 0 Å². The smallest absolute Gasteiger partial charge is 0.131 e. The van der Waals surface area contributed by atoms with Crippen LogP contribution in [0.1, 0.15) is 25.4 Å². The molecule has 0 aromatic carbocycles. The number of nitrogens with zero attached hydrogens (tertiary/aromatic N) is 2. The fraction of sp³-hybridized carbons (Fsp3) is 0.385. The summed E-state index contributed by atoms with van der Waals surface area (Å²) >= 11 is 5.13. The summed E-state index contributed by atoms with van der Waals surface area (Å²) in [4.78, 5) is 10.2. The summed E-state index contributed by atoms with van der Waals surface area (Å²) in [5.74, 6) is 0.807. The van der Waals surface area contributed by atoms with Crippen molar-refractivity contribution in [2.75, 3.05) is 0 Å². The van der Waals surface area contributed by atoms with Crippen molar-refractivity contribution in [3.63, 3.8) is 0 Å². The molecule has 2 aromatic rings. The van der Waals surface area contributed by atoms with Crippen LogP contribution in [0.5, 0.6) is 0 Å². The largest absolute Gasteiger partial charge is 0.325 e. The number of aromatic nitrogens is 2. The third-order valence-electron chi connectivity index (χ3n) is 2.33. The van der Waals surface area contributed by atoms with Crippen LogP contribution >= 0.6 is 27.3 Å². The summed E-state index contributed by atoms with van der Waals surface area (Å²) in [6.07, 6.45) is 0.675. The van der Waals surface area contributed by atoms with E-state index in [2.05, 4.69) is 37.3 Å². The standard InChI is InChI=1S/C13H16BrN3S/c1-8-4-10(11-5-9(14)7-18-11)17-12(16-8)6-13(2,3)15/h4-5,7H,6,15H2,1-3H3. The van der Waals surface area contributed by atoms with E-state index in [4.69, 9.17) is 5.73 Å². The third-order valence-corrected chi connectivity index (χ3v) is 4.05. The van der Waals surface area contributed by atoms with Crippen molar-refractivity contribution < 1.29 is 0 Å². The lowest BCUT2D eigenvalue weighted by Gasteiger charge is -2.17. The minimum absolute atomic E-state index is 0.291. The van der Waals surface area contributed by atoms with Crippen molar-refractivity contribution in [3.8, 4) is 10.6 Å². The molecule has 0 aliphatic rings. The van der Waals surface area contributed by atoms with Crippen molar-refractivity contribution in [1.29, 1.82) is 0 Å². The Morgan fingerprint density at radius 1 is 1.33 bits per heavy atom. The molecule has 0 saturated carbocycles. The molecule has 0 saturated heterocycles. The third kappa shape index (κ3) is 3.60. The molecule has 0 atom stereocenters. The maximum absolute atomic E-state index is 6.03. The Bertz CT molecular complexity index is 558. The van der Waals surface area contributed by atoms with Gasteiger partial charge < -0.3 is 5.73 Å². The van der Waals surface area contributed by atoms with Gasteiger partial charge in [0.15, 0.2) is 0 Å². The molecule has 0 amide bonds. The Balaban J connectivity index is 2.38. The number of thiophene rings is 1. The molecule has 3 nitrogen and oxygen atoms in total. The van der Waals surface area contributed by atoms with Crippen LogP contribution in [-0.4, -0.2) is 15.5 Å². The molecule has 0 aliphatic heterocycles. The molecule has 2 N–H and O–H groups in total. The number of aryl methyl sites for hydroxylation is 1. The molecule has 5 heteroatoms. The lowest BCUT2D eigenvalue weighted by molar-refractivity contribution is 0.502. The van der Waals surface area contributed by atoms with Crippen molar-refractivity contribution >= 4 is 27.3 Å². The summed E-state index contributed by atoms with van der Waals surface area (Å²) in [7, 11) is 0. The zero-order valence-corrected chi connectivity index (χ0v) is 13.1. The highest BCUT2D eigenvalue weighted by atomic mass is 79.9. The fourth-order valence-corrected chi connectivity index (χ4v) is 3.08. The van der Waals surface area contributed by atoms with Crippen LogP contribution in [0.2, 0.25) is 0 Å². The zero-order chi connectivity index (χ0) is 13.3. The van der Waals surface area contributed by atoms with E-state index < -0.39 is 0 Å². The molecule has 2 heterocycles. The quantitative estimate of drug-likeness (QED) is 0.938. The number of nitrogens with two attached hydrogens (primary N) is 1. The molecule has 0 fully saturated rings. The van der Waals surface area contributed by atoms with E-state index in [0.29, 0.717) is 6.42 Å². The summed E-state index contributed by atoms with van der Waals surface area (Å²) in [6.45, 7) is 5.96. The number of rotatable bonds is 3. The van der Waals surface area contributed by atoms with E-state index in [-0.39, 0.29) is 5.54 Å². The first kappa shape index (κ1) is 13.6. The van der Waals surface area contributed by atoms with Crippen LogP contribution in [0.15, 0.2) is 22.0 Å². The van der Waals surface area contributed by atoms with E-state index in [1.807, 2.05) is 26.8 Å². The van der Waals surface area contributed by atoms with E-state index >= 15 is 0 Å². The van der Waals surface area contributed by atoms with Crippen molar-refractivity contribution in [1.82, 2.24) is 9.97 Å². The van der Waals surface area contributed by atoms with Gasteiger partial charge in [0.1, 0.15) is 5.82 Å². The minimum atomic E-state index is -0.291. The van der Waals surface area contributed by atoms with Gasteiger partial charge in [0.2, 0.25) is 0 Å². The summed E-state index contributed by atoms with van der Waals surface area (Å²) in [5.41, 5.74) is 7.68. The van der Waals surface area contributed by atoms with Gasteiger partial charge in [-0.3, -0.25) is 0 Å². The Hall–Kier alpha value is -0.780. The van der Waals surface area contributed by atoms with Gasteiger partial charge in [-0.05, 0) is 48.8 Å². The predicted molar refractivity (Wildman–Crippen MR) is 79.8 cm³/mol. The minimum Gasteiger partial charge on any atom is -0.325 e. The average Bonchev–Trinajstić information content (AvgIpc) is 2.61. The first-order chi connectivity index (χ1) is 8.33. The monoisotopic (exact) mass is 325 g/mol. The van der Waals surface area contributed by atoms with Crippen molar-refractivity contribution in [2.24, 2.45) is 5.73 Å². The molecule has 2 rings (SSSR count). The fourth-order valence-electron chi connectivity index (χ4n) is 1.69. The molecule has 18 heavy (non-hydrogen) atoms. The highest BCUT2D eigenvalue weighted by molar-refractivity contribution is 9.10. The van der Waals surface area contributed by atoms with Crippen LogP contribution in [-0.2, 0) is 6.42 Å². The Kier molecular flexibility index (Phi) is 3.84. The van der Waals surface area contributed by atoms with Crippen LogP contribution in [0.3, 0.4) is 0 Å². The van der Waals surface area contributed by atoms with Gasteiger partial charge >= 0.3 is 0 Å². The molecule has 0 bridgehead atoms. The Labute approximate surface area is 120 Å². The SMILES string of the molecule is Cc1cc(-c2cc(Br)cs2)nc(CC(C)(C)N)n1.